The van der Waals surface area contributed by atoms with Gasteiger partial charge < -0.3 is 25.2 Å². The van der Waals surface area contributed by atoms with Crippen LogP contribution in [0, 0.1) is 12.8 Å². The SMILES string of the molecule is Cc1cccc(N2CCC(NC(=NCC(=O)N(C)C)NCC3CCOC3)CC2)n1. The number of piperidine rings is 1. The standard InChI is InChI=1S/C21H34N6O2/c1-16-5-4-6-19(24-16)27-10-7-18(8-11-27)25-21(23-14-20(28)26(2)3)22-13-17-9-12-29-15-17/h4-6,17-18H,7-15H2,1-3H3,(H2,22,23,25). The minimum Gasteiger partial charge on any atom is -0.381 e. The van der Waals surface area contributed by atoms with Crippen LogP contribution < -0.4 is 15.5 Å². The molecule has 3 heterocycles. The van der Waals surface area contributed by atoms with Gasteiger partial charge in [-0.1, -0.05) is 6.07 Å². The number of hydrogen-bond acceptors (Lipinski definition) is 5. The number of guanidine groups is 1. The molecule has 1 aromatic rings. The topological polar surface area (TPSA) is 82.1 Å². The maximum Gasteiger partial charge on any atom is 0.243 e. The number of nitrogens with zero attached hydrogens (tertiary/aromatic N) is 4. The van der Waals surface area contributed by atoms with Crippen LogP contribution in [0.5, 0.6) is 0 Å². The summed E-state index contributed by atoms with van der Waals surface area (Å²) in [6, 6.07) is 6.49. The minimum atomic E-state index is -0.00404. The number of aromatic nitrogens is 1. The second-order valence-electron chi connectivity index (χ2n) is 8.11. The summed E-state index contributed by atoms with van der Waals surface area (Å²) in [7, 11) is 3.51. The first-order valence-corrected chi connectivity index (χ1v) is 10.5. The number of nitrogens with one attached hydrogen (secondary N) is 2. The van der Waals surface area contributed by atoms with Crippen LogP contribution in [0.3, 0.4) is 0 Å². The van der Waals surface area contributed by atoms with Crippen molar-refractivity contribution in [1.82, 2.24) is 20.5 Å². The lowest BCUT2D eigenvalue weighted by Gasteiger charge is -2.34. The molecule has 0 saturated carbocycles. The number of aryl methyl sites for hydroxylation is 1. The largest absolute Gasteiger partial charge is 0.381 e. The van der Waals surface area contributed by atoms with Crippen molar-refractivity contribution in [2.24, 2.45) is 10.9 Å². The van der Waals surface area contributed by atoms with Gasteiger partial charge in [0.05, 0.1) is 6.61 Å². The van der Waals surface area contributed by atoms with Crippen LogP contribution in [-0.2, 0) is 9.53 Å². The van der Waals surface area contributed by atoms with Crippen molar-refractivity contribution in [3.05, 3.63) is 23.9 Å². The minimum absolute atomic E-state index is 0.00404. The molecular weight excluding hydrogens is 368 g/mol. The van der Waals surface area contributed by atoms with E-state index in [-0.39, 0.29) is 12.5 Å². The van der Waals surface area contributed by atoms with E-state index < -0.39 is 0 Å². The Hall–Kier alpha value is -2.35. The van der Waals surface area contributed by atoms with Gasteiger partial charge in [-0.25, -0.2) is 9.98 Å². The number of hydrogen-bond donors (Lipinski definition) is 2. The maximum atomic E-state index is 12.0. The molecule has 2 aliphatic rings. The zero-order valence-corrected chi connectivity index (χ0v) is 17.9. The lowest BCUT2D eigenvalue weighted by atomic mass is 10.1. The van der Waals surface area contributed by atoms with E-state index in [1.165, 1.54) is 0 Å². The molecule has 1 unspecified atom stereocenters. The molecule has 0 aliphatic carbocycles. The van der Waals surface area contributed by atoms with E-state index in [0.717, 1.165) is 69.6 Å². The van der Waals surface area contributed by atoms with Gasteiger partial charge in [0.15, 0.2) is 5.96 Å². The third-order valence-corrected chi connectivity index (χ3v) is 5.49. The summed E-state index contributed by atoms with van der Waals surface area (Å²) in [6.07, 6.45) is 3.08. The molecule has 1 amide bonds. The van der Waals surface area contributed by atoms with Gasteiger partial charge >= 0.3 is 0 Å². The number of amides is 1. The average molecular weight is 403 g/mol. The van der Waals surface area contributed by atoms with Gasteiger partial charge in [0.2, 0.25) is 5.91 Å². The fourth-order valence-corrected chi connectivity index (χ4v) is 3.58. The maximum absolute atomic E-state index is 12.0. The quantitative estimate of drug-likeness (QED) is 0.546. The molecule has 2 saturated heterocycles. The second-order valence-corrected chi connectivity index (χ2v) is 8.11. The molecular formula is C21H34N6O2. The smallest absolute Gasteiger partial charge is 0.243 e. The molecule has 2 fully saturated rings. The van der Waals surface area contributed by atoms with E-state index >= 15 is 0 Å². The Morgan fingerprint density at radius 2 is 2.10 bits per heavy atom. The fourth-order valence-electron chi connectivity index (χ4n) is 3.58. The van der Waals surface area contributed by atoms with E-state index in [1.807, 2.05) is 13.0 Å². The number of carbonyl (C=O) groups excluding carboxylic acids is 1. The number of likely N-dealkylation sites (N-methyl/N-ethyl adjacent to an activating group) is 1. The number of pyridine rings is 1. The zero-order valence-electron chi connectivity index (χ0n) is 17.9. The van der Waals surface area contributed by atoms with Crippen molar-refractivity contribution < 1.29 is 9.53 Å². The van der Waals surface area contributed by atoms with Crippen LogP contribution in [0.4, 0.5) is 5.82 Å². The van der Waals surface area contributed by atoms with Crippen molar-refractivity contribution in [1.29, 1.82) is 0 Å². The van der Waals surface area contributed by atoms with Gasteiger partial charge in [-0.15, -0.1) is 0 Å². The van der Waals surface area contributed by atoms with Crippen LogP contribution >= 0.6 is 0 Å². The Kier molecular flexibility index (Phi) is 7.69. The van der Waals surface area contributed by atoms with Crippen molar-refractivity contribution in [2.45, 2.75) is 32.2 Å². The summed E-state index contributed by atoms with van der Waals surface area (Å²) < 4.78 is 5.46. The average Bonchev–Trinajstić information content (AvgIpc) is 3.24. The lowest BCUT2D eigenvalue weighted by Crippen LogP contribution is -2.50. The molecule has 8 nitrogen and oxygen atoms in total. The normalized spacial score (nSPS) is 20.6. The third-order valence-electron chi connectivity index (χ3n) is 5.49. The molecule has 1 atom stereocenters. The van der Waals surface area contributed by atoms with E-state index in [2.05, 4.69) is 37.6 Å². The fraction of sp³-hybridized carbons (Fsp3) is 0.667. The van der Waals surface area contributed by atoms with Crippen LogP contribution in [0.25, 0.3) is 0 Å². The molecule has 3 rings (SSSR count). The van der Waals surface area contributed by atoms with Crippen LogP contribution in [0.1, 0.15) is 25.0 Å². The van der Waals surface area contributed by atoms with E-state index in [0.29, 0.717) is 12.0 Å². The molecule has 0 aromatic carbocycles. The number of ether oxygens (including phenoxy) is 1. The Labute approximate surface area is 173 Å². The summed E-state index contributed by atoms with van der Waals surface area (Å²) in [5, 5.41) is 6.95. The van der Waals surface area contributed by atoms with Crippen molar-refractivity contribution in [2.75, 3.05) is 58.4 Å². The Bertz CT molecular complexity index is 694. The van der Waals surface area contributed by atoms with Gasteiger partial charge in [0, 0.05) is 58.0 Å². The van der Waals surface area contributed by atoms with E-state index in [9.17, 15) is 4.79 Å². The Morgan fingerprint density at radius 1 is 1.31 bits per heavy atom. The highest BCUT2D eigenvalue weighted by atomic mass is 16.5. The van der Waals surface area contributed by atoms with Crippen molar-refractivity contribution >= 4 is 17.7 Å². The number of aliphatic imine (C=N–C) groups is 1. The van der Waals surface area contributed by atoms with Gasteiger partial charge in [-0.3, -0.25) is 4.79 Å². The van der Waals surface area contributed by atoms with Gasteiger partial charge in [-0.2, -0.15) is 0 Å². The molecule has 2 aliphatic heterocycles. The van der Waals surface area contributed by atoms with Gasteiger partial charge in [0.25, 0.3) is 0 Å². The number of anilines is 1. The van der Waals surface area contributed by atoms with Crippen LogP contribution in [0.2, 0.25) is 0 Å². The van der Waals surface area contributed by atoms with Gasteiger partial charge in [-0.05, 0) is 38.3 Å². The highest BCUT2D eigenvalue weighted by Gasteiger charge is 2.22. The molecule has 0 radical (unpaired) electrons. The summed E-state index contributed by atoms with van der Waals surface area (Å²) in [4.78, 5) is 25.0. The zero-order chi connectivity index (χ0) is 20.6. The van der Waals surface area contributed by atoms with E-state index in [4.69, 9.17) is 4.74 Å². The van der Waals surface area contributed by atoms with E-state index in [1.54, 1.807) is 19.0 Å². The Balaban J connectivity index is 1.53. The highest BCUT2D eigenvalue weighted by Crippen LogP contribution is 2.18. The molecule has 29 heavy (non-hydrogen) atoms. The molecule has 0 spiro atoms. The molecule has 1 aromatic heterocycles. The molecule has 2 N–H and O–H groups in total. The van der Waals surface area contributed by atoms with Crippen molar-refractivity contribution in [3.8, 4) is 0 Å². The molecule has 160 valence electrons. The first kappa shape index (κ1) is 21.4. The Morgan fingerprint density at radius 3 is 2.76 bits per heavy atom. The first-order valence-electron chi connectivity index (χ1n) is 10.5. The van der Waals surface area contributed by atoms with Gasteiger partial charge in [0.1, 0.15) is 12.4 Å². The highest BCUT2D eigenvalue weighted by molar-refractivity contribution is 5.85. The molecule has 0 bridgehead atoms. The summed E-state index contributed by atoms with van der Waals surface area (Å²) in [5.74, 6) is 2.27. The predicted octanol–water partition coefficient (Wildman–Crippen LogP) is 1.02. The first-order chi connectivity index (χ1) is 14.0. The monoisotopic (exact) mass is 402 g/mol. The third kappa shape index (κ3) is 6.59. The summed E-state index contributed by atoms with van der Waals surface area (Å²) >= 11 is 0. The van der Waals surface area contributed by atoms with Crippen molar-refractivity contribution in [3.63, 3.8) is 0 Å². The second kappa shape index (κ2) is 10.4. The summed E-state index contributed by atoms with van der Waals surface area (Å²) in [5.41, 5.74) is 1.04. The summed E-state index contributed by atoms with van der Waals surface area (Å²) in [6.45, 7) is 6.51. The van der Waals surface area contributed by atoms with Crippen LogP contribution in [0.15, 0.2) is 23.2 Å². The number of carbonyl (C=O) groups is 1. The lowest BCUT2D eigenvalue weighted by molar-refractivity contribution is -0.127. The molecule has 8 heteroatoms. The predicted molar refractivity (Wildman–Crippen MR) is 115 cm³/mol. The number of rotatable bonds is 6. The van der Waals surface area contributed by atoms with Crippen LogP contribution in [-0.4, -0.2) is 81.3 Å².